The molecule has 1 heterocycles. The highest BCUT2D eigenvalue weighted by Crippen LogP contribution is 2.16. The largest absolute Gasteiger partial charge is 0.384 e. The topological polar surface area (TPSA) is 102 Å². The fraction of sp³-hybridized carbons (Fsp3) is 0.900. The molecule has 0 aliphatic carbocycles. The number of rotatable bonds is 7. The summed E-state index contributed by atoms with van der Waals surface area (Å²) in [5.74, 6) is -0.754. The van der Waals surface area contributed by atoms with Crippen molar-refractivity contribution >= 4 is 15.9 Å². The van der Waals surface area contributed by atoms with Gasteiger partial charge in [-0.05, 0) is 25.9 Å². The fourth-order valence-electron chi connectivity index (χ4n) is 2.01. The molecule has 1 rings (SSSR count). The number of nitrogens with two attached hydrogens (primary N) is 1. The van der Waals surface area contributed by atoms with E-state index in [0.29, 0.717) is 12.8 Å². The molecule has 0 unspecified atom stereocenters. The number of primary amides is 1. The lowest BCUT2D eigenvalue weighted by Crippen LogP contribution is -2.50. The molecular formula is C10H21N3O4S. The van der Waals surface area contributed by atoms with Gasteiger partial charge in [0, 0.05) is 13.2 Å². The van der Waals surface area contributed by atoms with Crippen molar-refractivity contribution in [3.8, 4) is 0 Å². The van der Waals surface area contributed by atoms with Crippen LogP contribution in [0.1, 0.15) is 12.8 Å². The number of nitrogens with zero attached hydrogens (tertiary/aromatic N) is 1. The van der Waals surface area contributed by atoms with Gasteiger partial charge in [0.15, 0.2) is 0 Å². The molecule has 0 spiro atoms. The molecule has 0 bridgehead atoms. The lowest BCUT2D eigenvalue weighted by atomic mass is 10.1. The minimum Gasteiger partial charge on any atom is -0.384 e. The highest BCUT2D eigenvalue weighted by molar-refractivity contribution is 7.89. The summed E-state index contributed by atoms with van der Waals surface area (Å²) < 4.78 is 30.3. The number of ether oxygens (including phenoxy) is 1. The molecule has 0 saturated carbocycles. The standard InChI is InChI=1S/C10H21N3O4S/c1-17-6-7-18(15,16)13(8-10(11)14)9-2-4-12-5-3-9/h9,12H,2-8H2,1H3,(H2,11,14). The molecule has 1 amide bonds. The Labute approximate surface area is 108 Å². The van der Waals surface area contributed by atoms with Crippen LogP contribution in [0.25, 0.3) is 0 Å². The second-order valence-electron chi connectivity index (χ2n) is 4.30. The average Bonchev–Trinajstić information content (AvgIpc) is 2.34. The molecule has 7 nitrogen and oxygen atoms in total. The summed E-state index contributed by atoms with van der Waals surface area (Å²) >= 11 is 0. The number of nitrogens with one attached hydrogen (secondary N) is 1. The first-order chi connectivity index (χ1) is 8.47. The van der Waals surface area contributed by atoms with Crippen LogP contribution in [-0.4, -0.2) is 63.8 Å². The van der Waals surface area contributed by atoms with Gasteiger partial charge in [0.05, 0.1) is 18.9 Å². The van der Waals surface area contributed by atoms with Gasteiger partial charge in [0.25, 0.3) is 0 Å². The smallest absolute Gasteiger partial charge is 0.232 e. The number of hydrogen-bond acceptors (Lipinski definition) is 5. The normalized spacial score (nSPS) is 18.1. The number of methoxy groups -OCH3 is 1. The maximum absolute atomic E-state index is 12.1. The Bertz CT molecular complexity index is 365. The molecule has 1 aliphatic rings. The minimum absolute atomic E-state index is 0.114. The van der Waals surface area contributed by atoms with Crippen LogP contribution < -0.4 is 11.1 Å². The van der Waals surface area contributed by atoms with Crippen molar-refractivity contribution in [2.24, 2.45) is 5.73 Å². The predicted octanol–water partition coefficient (Wildman–Crippen LogP) is -1.50. The van der Waals surface area contributed by atoms with Gasteiger partial charge in [-0.25, -0.2) is 8.42 Å². The van der Waals surface area contributed by atoms with Gasteiger partial charge in [0.2, 0.25) is 15.9 Å². The number of carbonyl (C=O) groups excluding carboxylic acids is 1. The van der Waals surface area contributed by atoms with E-state index in [1.165, 1.54) is 11.4 Å². The SMILES string of the molecule is COCCS(=O)(=O)N(CC(N)=O)C1CCNCC1. The third kappa shape index (κ3) is 4.52. The zero-order valence-electron chi connectivity index (χ0n) is 10.6. The van der Waals surface area contributed by atoms with E-state index >= 15 is 0 Å². The van der Waals surface area contributed by atoms with E-state index in [0.717, 1.165) is 13.1 Å². The summed E-state index contributed by atoms with van der Waals surface area (Å²) in [4.78, 5) is 11.0. The lowest BCUT2D eigenvalue weighted by molar-refractivity contribution is -0.118. The highest BCUT2D eigenvalue weighted by Gasteiger charge is 2.31. The van der Waals surface area contributed by atoms with Crippen LogP contribution in [0, 0.1) is 0 Å². The van der Waals surface area contributed by atoms with E-state index in [-0.39, 0.29) is 24.9 Å². The van der Waals surface area contributed by atoms with Gasteiger partial charge in [0.1, 0.15) is 0 Å². The third-order valence-electron chi connectivity index (χ3n) is 2.93. The molecule has 0 aromatic carbocycles. The monoisotopic (exact) mass is 279 g/mol. The van der Waals surface area contributed by atoms with Gasteiger partial charge >= 0.3 is 0 Å². The van der Waals surface area contributed by atoms with Crippen molar-refractivity contribution in [1.29, 1.82) is 0 Å². The number of piperidine rings is 1. The first kappa shape index (κ1) is 15.4. The first-order valence-corrected chi connectivity index (χ1v) is 7.56. The molecule has 0 atom stereocenters. The summed E-state index contributed by atoms with van der Waals surface area (Å²) in [5, 5.41) is 3.16. The van der Waals surface area contributed by atoms with Gasteiger partial charge < -0.3 is 15.8 Å². The molecular weight excluding hydrogens is 258 g/mol. The molecule has 8 heteroatoms. The van der Waals surface area contributed by atoms with Crippen molar-refractivity contribution in [2.45, 2.75) is 18.9 Å². The maximum atomic E-state index is 12.1. The Balaban J connectivity index is 2.78. The fourth-order valence-corrected chi connectivity index (χ4v) is 3.61. The number of amides is 1. The lowest BCUT2D eigenvalue weighted by Gasteiger charge is -2.32. The van der Waals surface area contributed by atoms with Crippen molar-refractivity contribution in [3.05, 3.63) is 0 Å². The molecule has 1 fully saturated rings. The summed E-state index contributed by atoms with van der Waals surface area (Å²) in [6.45, 7) is 1.36. The Morgan fingerprint density at radius 2 is 2.06 bits per heavy atom. The number of carbonyl (C=O) groups is 1. The second-order valence-corrected chi connectivity index (χ2v) is 6.34. The van der Waals surface area contributed by atoms with Crippen molar-refractivity contribution in [1.82, 2.24) is 9.62 Å². The molecule has 1 aliphatic heterocycles. The van der Waals surface area contributed by atoms with Crippen LogP contribution >= 0.6 is 0 Å². The third-order valence-corrected chi connectivity index (χ3v) is 4.75. The first-order valence-electron chi connectivity index (χ1n) is 5.95. The Morgan fingerprint density at radius 3 is 2.56 bits per heavy atom. The quantitative estimate of drug-likeness (QED) is 0.590. The van der Waals surface area contributed by atoms with Gasteiger partial charge in [-0.1, -0.05) is 0 Å². The summed E-state index contributed by atoms with van der Waals surface area (Å²) in [7, 11) is -2.06. The van der Waals surface area contributed by atoms with Crippen molar-refractivity contribution < 1.29 is 17.9 Å². The van der Waals surface area contributed by atoms with E-state index in [1.54, 1.807) is 0 Å². The highest BCUT2D eigenvalue weighted by atomic mass is 32.2. The van der Waals surface area contributed by atoms with Gasteiger partial charge in [-0.15, -0.1) is 0 Å². The zero-order chi connectivity index (χ0) is 13.6. The van der Waals surface area contributed by atoms with Crippen LogP contribution in [0.4, 0.5) is 0 Å². The van der Waals surface area contributed by atoms with Gasteiger partial charge in [-0.2, -0.15) is 4.31 Å². The molecule has 0 radical (unpaired) electrons. The zero-order valence-corrected chi connectivity index (χ0v) is 11.4. The molecule has 0 aromatic heterocycles. The van der Waals surface area contributed by atoms with E-state index in [1.807, 2.05) is 0 Å². The second kappa shape index (κ2) is 7.03. The Kier molecular flexibility index (Phi) is 6.00. The Hall–Kier alpha value is -0.700. The number of hydrogen-bond donors (Lipinski definition) is 2. The summed E-state index contributed by atoms with van der Waals surface area (Å²) in [5.41, 5.74) is 5.13. The maximum Gasteiger partial charge on any atom is 0.232 e. The summed E-state index contributed by atoms with van der Waals surface area (Å²) in [6.07, 6.45) is 1.39. The van der Waals surface area contributed by atoms with Crippen LogP contribution in [0.2, 0.25) is 0 Å². The van der Waals surface area contributed by atoms with E-state index in [9.17, 15) is 13.2 Å². The minimum atomic E-state index is -3.50. The predicted molar refractivity (Wildman–Crippen MR) is 67.5 cm³/mol. The van der Waals surface area contributed by atoms with Crippen LogP contribution in [-0.2, 0) is 19.6 Å². The molecule has 1 saturated heterocycles. The summed E-state index contributed by atoms with van der Waals surface area (Å²) in [6, 6.07) is -0.152. The molecule has 18 heavy (non-hydrogen) atoms. The van der Waals surface area contributed by atoms with Crippen LogP contribution in [0.5, 0.6) is 0 Å². The number of sulfonamides is 1. The molecule has 106 valence electrons. The molecule has 0 aromatic rings. The average molecular weight is 279 g/mol. The van der Waals surface area contributed by atoms with E-state index in [4.69, 9.17) is 10.5 Å². The molecule has 3 N–H and O–H groups in total. The van der Waals surface area contributed by atoms with Crippen LogP contribution in [0.15, 0.2) is 0 Å². The van der Waals surface area contributed by atoms with E-state index in [2.05, 4.69) is 5.32 Å². The van der Waals surface area contributed by atoms with Crippen LogP contribution in [0.3, 0.4) is 0 Å². The van der Waals surface area contributed by atoms with Crippen molar-refractivity contribution in [3.63, 3.8) is 0 Å². The van der Waals surface area contributed by atoms with E-state index < -0.39 is 15.9 Å². The van der Waals surface area contributed by atoms with Crippen molar-refractivity contribution in [2.75, 3.05) is 39.1 Å². The van der Waals surface area contributed by atoms with Gasteiger partial charge in [-0.3, -0.25) is 4.79 Å². The Morgan fingerprint density at radius 1 is 1.44 bits per heavy atom.